The van der Waals surface area contributed by atoms with Crippen LogP contribution in [0.15, 0.2) is 53.6 Å². The number of carbonyl (C=O) groups excluding carboxylic acids is 1. The summed E-state index contributed by atoms with van der Waals surface area (Å²) < 4.78 is 2.04. The van der Waals surface area contributed by atoms with Gasteiger partial charge in [-0.25, -0.2) is 0 Å². The molecule has 120 valence electrons. The third kappa shape index (κ3) is 2.29. The summed E-state index contributed by atoms with van der Waals surface area (Å²) in [5, 5.41) is 3.40. The Morgan fingerprint density at radius 3 is 2.96 bits per heavy atom. The van der Waals surface area contributed by atoms with Crippen molar-refractivity contribution in [1.29, 1.82) is 0 Å². The number of nitrogens with one attached hydrogen (secondary N) is 1. The predicted molar refractivity (Wildman–Crippen MR) is 92.0 cm³/mol. The van der Waals surface area contributed by atoms with Crippen molar-refractivity contribution in [1.82, 2.24) is 14.9 Å². The molecule has 5 heteroatoms. The first-order valence-electron chi connectivity index (χ1n) is 8.00. The van der Waals surface area contributed by atoms with Gasteiger partial charge in [-0.05, 0) is 37.1 Å². The molecule has 1 amide bonds. The van der Waals surface area contributed by atoms with E-state index in [1.807, 2.05) is 34.9 Å². The fraction of sp³-hybridized carbons (Fsp3) is 0.211. The van der Waals surface area contributed by atoms with Crippen LogP contribution in [0.1, 0.15) is 34.6 Å². The average Bonchev–Trinajstić information content (AvgIpc) is 2.93. The summed E-state index contributed by atoms with van der Waals surface area (Å²) in [7, 11) is 0. The topological polar surface area (TPSA) is 64.0 Å². The van der Waals surface area contributed by atoms with Crippen molar-refractivity contribution in [3.05, 3.63) is 75.8 Å². The Hall–Kier alpha value is -2.95. The van der Waals surface area contributed by atoms with E-state index in [1.54, 1.807) is 18.5 Å². The summed E-state index contributed by atoms with van der Waals surface area (Å²) in [6.07, 6.45) is 4.26. The van der Waals surface area contributed by atoms with Gasteiger partial charge in [0, 0.05) is 23.8 Å². The van der Waals surface area contributed by atoms with Gasteiger partial charge in [0.1, 0.15) is 5.56 Å². The average molecular weight is 319 g/mol. The smallest absolute Gasteiger partial charge is 0.257 e. The monoisotopic (exact) mass is 319 g/mol. The van der Waals surface area contributed by atoms with Gasteiger partial charge in [-0.2, -0.15) is 0 Å². The maximum Gasteiger partial charge on any atom is 0.257 e. The molecule has 24 heavy (non-hydrogen) atoms. The Bertz CT molecular complexity index is 993. The van der Waals surface area contributed by atoms with Crippen molar-refractivity contribution in [2.45, 2.75) is 25.9 Å². The van der Waals surface area contributed by atoms with E-state index < -0.39 is 0 Å². The Labute approximate surface area is 139 Å². The van der Waals surface area contributed by atoms with E-state index in [1.165, 1.54) is 0 Å². The quantitative estimate of drug-likeness (QED) is 0.806. The SMILES string of the molecule is C[C@@H]1Cc2cccc3c(=O)c(C(=O)NCc4ccccn4)cn1c23. The zero-order chi connectivity index (χ0) is 16.7. The molecule has 0 unspecified atom stereocenters. The summed E-state index contributed by atoms with van der Waals surface area (Å²) in [4.78, 5) is 29.4. The van der Waals surface area contributed by atoms with E-state index in [4.69, 9.17) is 0 Å². The van der Waals surface area contributed by atoms with Gasteiger partial charge in [0.25, 0.3) is 5.91 Å². The number of benzene rings is 1. The van der Waals surface area contributed by atoms with Crippen molar-refractivity contribution in [3.8, 4) is 0 Å². The summed E-state index contributed by atoms with van der Waals surface area (Å²) in [5.41, 5.74) is 2.85. The fourth-order valence-electron chi connectivity index (χ4n) is 3.35. The van der Waals surface area contributed by atoms with Gasteiger partial charge in [-0.15, -0.1) is 0 Å². The van der Waals surface area contributed by atoms with Gasteiger partial charge in [0.05, 0.1) is 17.8 Å². The highest BCUT2D eigenvalue weighted by Gasteiger charge is 2.24. The molecule has 0 aliphatic carbocycles. The Balaban J connectivity index is 1.72. The van der Waals surface area contributed by atoms with Crippen LogP contribution >= 0.6 is 0 Å². The lowest BCUT2D eigenvalue weighted by Crippen LogP contribution is -2.29. The van der Waals surface area contributed by atoms with Crippen LogP contribution in [0.5, 0.6) is 0 Å². The highest BCUT2D eigenvalue weighted by Crippen LogP contribution is 2.30. The lowest BCUT2D eigenvalue weighted by atomic mass is 10.1. The molecule has 1 N–H and O–H groups in total. The van der Waals surface area contributed by atoms with Crippen molar-refractivity contribution >= 4 is 16.8 Å². The van der Waals surface area contributed by atoms with Crippen molar-refractivity contribution in [2.24, 2.45) is 0 Å². The molecular weight excluding hydrogens is 302 g/mol. The Morgan fingerprint density at radius 2 is 2.17 bits per heavy atom. The van der Waals surface area contributed by atoms with E-state index in [2.05, 4.69) is 17.2 Å². The van der Waals surface area contributed by atoms with E-state index in [0.29, 0.717) is 11.9 Å². The van der Waals surface area contributed by atoms with Crippen LogP contribution in [0.25, 0.3) is 10.9 Å². The van der Waals surface area contributed by atoms with Crippen molar-refractivity contribution in [2.75, 3.05) is 0 Å². The van der Waals surface area contributed by atoms with Gasteiger partial charge in [-0.1, -0.05) is 18.2 Å². The first kappa shape index (κ1) is 14.6. The minimum atomic E-state index is -0.360. The van der Waals surface area contributed by atoms with Crippen molar-refractivity contribution < 1.29 is 4.79 Å². The minimum absolute atomic E-state index is 0.185. The number of para-hydroxylation sites is 1. The second kappa shape index (κ2) is 5.60. The number of aromatic nitrogens is 2. The highest BCUT2D eigenvalue weighted by molar-refractivity contribution is 5.98. The van der Waals surface area contributed by atoms with Crippen molar-refractivity contribution in [3.63, 3.8) is 0 Å². The molecule has 3 heterocycles. The molecule has 0 saturated heterocycles. The Morgan fingerprint density at radius 1 is 1.29 bits per heavy atom. The normalized spacial score (nSPS) is 15.6. The molecule has 1 aromatic carbocycles. The van der Waals surface area contributed by atoms with Crippen LogP contribution in [-0.4, -0.2) is 15.5 Å². The standard InChI is InChI=1S/C19H17N3O2/c1-12-9-13-5-4-7-15-17(13)22(12)11-16(18(15)23)19(24)21-10-14-6-2-3-8-20-14/h2-8,11-12H,9-10H2,1H3,(H,21,24)/t12-/m1/s1. The number of carbonyl (C=O) groups is 1. The van der Waals surface area contributed by atoms with Crippen LogP contribution in [0.3, 0.4) is 0 Å². The number of pyridine rings is 2. The van der Waals surface area contributed by atoms with E-state index >= 15 is 0 Å². The summed E-state index contributed by atoms with van der Waals surface area (Å²) in [5.74, 6) is -0.360. The van der Waals surface area contributed by atoms with Crippen LogP contribution in [0, 0.1) is 0 Å². The molecule has 1 aliphatic rings. The fourth-order valence-corrected chi connectivity index (χ4v) is 3.35. The molecule has 3 aromatic rings. The summed E-state index contributed by atoms with van der Waals surface area (Å²) >= 11 is 0. The van der Waals surface area contributed by atoms with Crippen LogP contribution in [0.2, 0.25) is 0 Å². The first-order valence-corrected chi connectivity index (χ1v) is 8.00. The van der Waals surface area contributed by atoms with E-state index in [-0.39, 0.29) is 22.9 Å². The predicted octanol–water partition coefficient (Wildman–Crippen LogP) is 2.44. The summed E-state index contributed by atoms with van der Waals surface area (Å²) in [6, 6.07) is 11.5. The van der Waals surface area contributed by atoms with Gasteiger partial charge in [0.2, 0.25) is 5.43 Å². The number of nitrogens with zero attached hydrogens (tertiary/aromatic N) is 2. The maximum absolute atomic E-state index is 12.7. The number of hydrogen-bond donors (Lipinski definition) is 1. The molecule has 0 radical (unpaired) electrons. The van der Waals surface area contributed by atoms with Gasteiger partial charge in [0.15, 0.2) is 0 Å². The van der Waals surface area contributed by atoms with Crippen LogP contribution in [-0.2, 0) is 13.0 Å². The molecule has 0 bridgehead atoms. The molecule has 5 nitrogen and oxygen atoms in total. The minimum Gasteiger partial charge on any atom is -0.346 e. The number of amides is 1. The Kier molecular flexibility index (Phi) is 3.41. The first-order chi connectivity index (χ1) is 11.6. The van der Waals surface area contributed by atoms with Gasteiger partial charge < -0.3 is 9.88 Å². The zero-order valence-electron chi connectivity index (χ0n) is 13.3. The largest absolute Gasteiger partial charge is 0.346 e. The van der Waals surface area contributed by atoms with Crippen LogP contribution in [0.4, 0.5) is 0 Å². The lowest BCUT2D eigenvalue weighted by Gasteiger charge is -2.12. The zero-order valence-corrected chi connectivity index (χ0v) is 13.3. The number of rotatable bonds is 3. The molecule has 0 saturated carbocycles. The van der Waals surface area contributed by atoms with E-state index in [0.717, 1.165) is 23.2 Å². The molecule has 4 rings (SSSR count). The van der Waals surface area contributed by atoms with Gasteiger partial charge >= 0.3 is 0 Å². The lowest BCUT2D eigenvalue weighted by molar-refractivity contribution is 0.0948. The summed E-state index contributed by atoms with van der Waals surface area (Å²) in [6.45, 7) is 2.40. The second-order valence-corrected chi connectivity index (χ2v) is 6.15. The molecule has 1 atom stereocenters. The van der Waals surface area contributed by atoms with E-state index in [9.17, 15) is 9.59 Å². The number of hydrogen-bond acceptors (Lipinski definition) is 3. The van der Waals surface area contributed by atoms with Gasteiger partial charge in [-0.3, -0.25) is 14.6 Å². The van der Waals surface area contributed by atoms with Crippen LogP contribution < -0.4 is 10.7 Å². The third-order valence-corrected chi connectivity index (χ3v) is 4.53. The molecule has 0 spiro atoms. The molecule has 0 fully saturated rings. The third-order valence-electron chi connectivity index (χ3n) is 4.53. The molecule has 2 aromatic heterocycles. The highest BCUT2D eigenvalue weighted by atomic mass is 16.2. The second-order valence-electron chi connectivity index (χ2n) is 6.15. The molecule has 1 aliphatic heterocycles. The maximum atomic E-state index is 12.7. The molecular formula is C19H17N3O2.